The van der Waals surface area contributed by atoms with Gasteiger partial charge in [0.15, 0.2) is 0 Å². The number of pyridine rings is 1. The third-order valence-corrected chi connectivity index (χ3v) is 2.57. The second-order valence-electron chi connectivity index (χ2n) is 3.67. The van der Waals surface area contributed by atoms with Gasteiger partial charge in [0.1, 0.15) is 11.4 Å². The van der Waals surface area contributed by atoms with Crippen molar-refractivity contribution in [1.82, 2.24) is 9.97 Å². The first-order chi connectivity index (χ1) is 7.83. The quantitative estimate of drug-likeness (QED) is 0.648. The minimum absolute atomic E-state index is 0.276. The highest BCUT2D eigenvalue weighted by atomic mass is 16.3. The summed E-state index contributed by atoms with van der Waals surface area (Å²) in [6.45, 7) is 0. The van der Waals surface area contributed by atoms with Gasteiger partial charge in [-0.1, -0.05) is 0 Å². The number of aromatic nitrogens is 2. The van der Waals surface area contributed by atoms with Crippen LogP contribution in [0.25, 0.3) is 22.3 Å². The van der Waals surface area contributed by atoms with Crippen molar-refractivity contribution in [2.45, 2.75) is 0 Å². The smallest absolute Gasteiger partial charge is 0.137 e. The molecule has 0 amide bonds. The molecule has 78 valence electrons. The Hall–Kier alpha value is -2.29. The summed E-state index contributed by atoms with van der Waals surface area (Å²) >= 11 is 0. The first kappa shape index (κ1) is 8.97. The van der Waals surface area contributed by atoms with Gasteiger partial charge >= 0.3 is 0 Å². The fourth-order valence-corrected chi connectivity index (χ4v) is 1.75. The molecule has 0 aliphatic heterocycles. The predicted molar refractivity (Wildman–Crippen MR) is 63.2 cm³/mol. The molecule has 3 nitrogen and oxygen atoms in total. The molecule has 0 bridgehead atoms. The van der Waals surface area contributed by atoms with E-state index in [1.165, 1.54) is 0 Å². The number of H-pyrrole nitrogens is 1. The SMILES string of the molecule is Oc1ccc(-c2cc3cccnc3[nH]2)cc1. The van der Waals surface area contributed by atoms with Crippen LogP contribution in [-0.2, 0) is 0 Å². The molecule has 0 fully saturated rings. The van der Waals surface area contributed by atoms with E-state index < -0.39 is 0 Å². The molecular weight excluding hydrogens is 200 g/mol. The van der Waals surface area contributed by atoms with Crippen LogP contribution in [0.5, 0.6) is 5.75 Å². The number of phenols is 1. The number of nitrogens with zero attached hydrogens (tertiary/aromatic N) is 1. The van der Waals surface area contributed by atoms with Gasteiger partial charge in [-0.2, -0.15) is 0 Å². The summed E-state index contributed by atoms with van der Waals surface area (Å²) < 4.78 is 0. The van der Waals surface area contributed by atoms with Crippen LogP contribution in [0.15, 0.2) is 48.7 Å². The highest BCUT2D eigenvalue weighted by molar-refractivity contribution is 5.82. The number of nitrogens with one attached hydrogen (secondary N) is 1. The van der Waals surface area contributed by atoms with Crippen molar-refractivity contribution in [2.24, 2.45) is 0 Å². The fraction of sp³-hybridized carbons (Fsp3) is 0. The van der Waals surface area contributed by atoms with Crippen LogP contribution >= 0.6 is 0 Å². The van der Waals surface area contributed by atoms with E-state index in [1.807, 2.05) is 24.3 Å². The van der Waals surface area contributed by atoms with E-state index in [1.54, 1.807) is 18.3 Å². The molecule has 2 heterocycles. The van der Waals surface area contributed by atoms with Crippen LogP contribution in [0.4, 0.5) is 0 Å². The highest BCUT2D eigenvalue weighted by Gasteiger charge is 2.03. The second-order valence-corrected chi connectivity index (χ2v) is 3.67. The zero-order valence-corrected chi connectivity index (χ0v) is 8.51. The Labute approximate surface area is 92.4 Å². The van der Waals surface area contributed by atoms with E-state index in [9.17, 15) is 5.11 Å². The Morgan fingerprint density at radius 3 is 2.62 bits per heavy atom. The molecule has 1 aromatic carbocycles. The minimum Gasteiger partial charge on any atom is -0.508 e. The molecule has 0 spiro atoms. The summed E-state index contributed by atoms with van der Waals surface area (Å²) in [5, 5.41) is 10.3. The van der Waals surface area contributed by atoms with E-state index >= 15 is 0 Å². The maximum absolute atomic E-state index is 9.22. The maximum atomic E-state index is 9.22. The Bertz CT molecular complexity index is 593. The summed E-state index contributed by atoms with van der Waals surface area (Å²) in [5.41, 5.74) is 2.93. The third kappa shape index (κ3) is 1.42. The maximum Gasteiger partial charge on any atom is 0.137 e. The van der Waals surface area contributed by atoms with Crippen molar-refractivity contribution in [3.05, 3.63) is 48.7 Å². The number of hydrogen-bond donors (Lipinski definition) is 2. The van der Waals surface area contributed by atoms with Crippen molar-refractivity contribution in [3.8, 4) is 17.0 Å². The minimum atomic E-state index is 0.276. The zero-order chi connectivity index (χ0) is 11.0. The number of benzene rings is 1. The third-order valence-electron chi connectivity index (χ3n) is 2.57. The van der Waals surface area contributed by atoms with Crippen LogP contribution in [0.2, 0.25) is 0 Å². The molecule has 0 aliphatic rings. The number of phenolic OH excluding ortho intramolecular Hbond substituents is 1. The molecule has 3 aromatic rings. The monoisotopic (exact) mass is 210 g/mol. The van der Waals surface area contributed by atoms with Crippen molar-refractivity contribution in [3.63, 3.8) is 0 Å². The van der Waals surface area contributed by atoms with Crippen molar-refractivity contribution in [2.75, 3.05) is 0 Å². The molecule has 0 saturated heterocycles. The van der Waals surface area contributed by atoms with Gasteiger partial charge in [0.2, 0.25) is 0 Å². The van der Waals surface area contributed by atoms with Gasteiger partial charge in [0.25, 0.3) is 0 Å². The zero-order valence-electron chi connectivity index (χ0n) is 8.51. The van der Waals surface area contributed by atoms with E-state index in [0.717, 1.165) is 22.3 Å². The number of hydrogen-bond acceptors (Lipinski definition) is 2. The van der Waals surface area contributed by atoms with Crippen LogP contribution in [0.3, 0.4) is 0 Å². The van der Waals surface area contributed by atoms with Gasteiger partial charge < -0.3 is 10.1 Å². The average molecular weight is 210 g/mol. The van der Waals surface area contributed by atoms with Gasteiger partial charge in [-0.05, 0) is 48.0 Å². The lowest BCUT2D eigenvalue weighted by atomic mass is 10.1. The highest BCUT2D eigenvalue weighted by Crippen LogP contribution is 2.24. The van der Waals surface area contributed by atoms with Crippen LogP contribution < -0.4 is 0 Å². The summed E-state index contributed by atoms with van der Waals surface area (Å²) in [6, 6.07) is 13.1. The van der Waals surface area contributed by atoms with Crippen molar-refractivity contribution < 1.29 is 5.11 Å². The Morgan fingerprint density at radius 2 is 1.88 bits per heavy atom. The van der Waals surface area contributed by atoms with E-state index in [-0.39, 0.29) is 5.75 Å². The molecule has 0 aliphatic carbocycles. The lowest BCUT2D eigenvalue weighted by Crippen LogP contribution is -1.76. The van der Waals surface area contributed by atoms with Crippen LogP contribution in [0, 0.1) is 0 Å². The van der Waals surface area contributed by atoms with Crippen LogP contribution in [-0.4, -0.2) is 15.1 Å². The first-order valence-electron chi connectivity index (χ1n) is 5.06. The number of aromatic amines is 1. The lowest BCUT2D eigenvalue weighted by Gasteiger charge is -1.97. The first-order valence-corrected chi connectivity index (χ1v) is 5.06. The van der Waals surface area contributed by atoms with Crippen molar-refractivity contribution in [1.29, 1.82) is 0 Å². The Balaban J connectivity index is 2.15. The molecule has 0 saturated carbocycles. The Kier molecular flexibility index (Phi) is 1.90. The summed E-state index contributed by atoms with van der Waals surface area (Å²) in [5.74, 6) is 0.276. The summed E-state index contributed by atoms with van der Waals surface area (Å²) in [4.78, 5) is 7.48. The van der Waals surface area contributed by atoms with E-state index in [0.29, 0.717) is 0 Å². The summed E-state index contributed by atoms with van der Waals surface area (Å²) in [6.07, 6.45) is 1.76. The Morgan fingerprint density at radius 1 is 1.06 bits per heavy atom. The average Bonchev–Trinajstić information content (AvgIpc) is 2.73. The molecule has 16 heavy (non-hydrogen) atoms. The number of aromatic hydroxyl groups is 1. The molecule has 2 N–H and O–H groups in total. The standard InChI is InChI=1S/C13H10N2O/c16-11-5-3-9(4-6-11)12-8-10-2-1-7-14-13(10)15-12/h1-8,16H,(H,14,15). The molecule has 0 atom stereocenters. The normalized spacial score (nSPS) is 10.8. The van der Waals surface area contributed by atoms with Gasteiger partial charge in [-0.25, -0.2) is 4.98 Å². The summed E-state index contributed by atoms with van der Waals surface area (Å²) in [7, 11) is 0. The van der Waals surface area contributed by atoms with Crippen LogP contribution in [0.1, 0.15) is 0 Å². The van der Waals surface area contributed by atoms with Gasteiger partial charge in [0.05, 0.1) is 0 Å². The number of fused-ring (bicyclic) bond motifs is 1. The van der Waals surface area contributed by atoms with Crippen molar-refractivity contribution >= 4 is 11.0 Å². The van der Waals surface area contributed by atoms with Gasteiger partial charge in [-0.15, -0.1) is 0 Å². The van der Waals surface area contributed by atoms with Gasteiger partial charge in [0, 0.05) is 17.3 Å². The fourth-order valence-electron chi connectivity index (χ4n) is 1.75. The second kappa shape index (κ2) is 3.38. The van der Waals surface area contributed by atoms with E-state index in [2.05, 4.69) is 16.0 Å². The molecule has 0 unspecified atom stereocenters. The molecule has 3 rings (SSSR count). The number of rotatable bonds is 1. The molecule has 3 heteroatoms. The molecule has 2 aromatic heterocycles. The largest absolute Gasteiger partial charge is 0.508 e. The van der Waals surface area contributed by atoms with Gasteiger partial charge in [-0.3, -0.25) is 0 Å². The molecular formula is C13H10N2O. The molecule has 0 radical (unpaired) electrons. The predicted octanol–water partition coefficient (Wildman–Crippen LogP) is 2.94. The van der Waals surface area contributed by atoms with E-state index in [4.69, 9.17) is 0 Å². The lowest BCUT2D eigenvalue weighted by molar-refractivity contribution is 0.475. The topological polar surface area (TPSA) is 48.9 Å².